The summed E-state index contributed by atoms with van der Waals surface area (Å²) in [6, 6.07) is 10.6. The molecule has 2 rings (SSSR count). The summed E-state index contributed by atoms with van der Waals surface area (Å²) in [7, 11) is 0. The van der Waals surface area contributed by atoms with Crippen LogP contribution in [0, 0.1) is 24.2 Å². The summed E-state index contributed by atoms with van der Waals surface area (Å²) in [6.45, 7) is 3.22. The zero-order valence-electron chi connectivity index (χ0n) is 12.5. The Labute approximate surface area is 127 Å². The van der Waals surface area contributed by atoms with Crippen LogP contribution < -0.4 is 5.73 Å². The topological polar surface area (TPSA) is 46.3 Å². The van der Waals surface area contributed by atoms with Crippen molar-refractivity contribution in [3.8, 4) is 12.3 Å². The van der Waals surface area contributed by atoms with Gasteiger partial charge in [-0.3, -0.25) is 4.79 Å². The van der Waals surface area contributed by atoms with Crippen molar-refractivity contribution in [1.29, 1.82) is 0 Å². The molecule has 1 fully saturated rings. The van der Waals surface area contributed by atoms with E-state index in [1.165, 1.54) is 5.56 Å². The summed E-state index contributed by atoms with van der Waals surface area (Å²) in [5.74, 6) is 2.92. The number of carbonyl (C=O) groups is 1. The van der Waals surface area contributed by atoms with E-state index in [0.717, 1.165) is 38.9 Å². The van der Waals surface area contributed by atoms with Gasteiger partial charge in [-0.2, -0.15) is 0 Å². The molecule has 1 aliphatic heterocycles. The van der Waals surface area contributed by atoms with Crippen LogP contribution in [0.15, 0.2) is 30.3 Å². The van der Waals surface area contributed by atoms with Gasteiger partial charge in [-0.15, -0.1) is 12.3 Å². The summed E-state index contributed by atoms with van der Waals surface area (Å²) < 4.78 is 0. The van der Waals surface area contributed by atoms with Gasteiger partial charge in [0.25, 0.3) is 0 Å². The van der Waals surface area contributed by atoms with Crippen LogP contribution in [0.25, 0.3) is 0 Å². The Hall–Kier alpha value is -1.79. The maximum absolute atomic E-state index is 11.1. The van der Waals surface area contributed by atoms with Gasteiger partial charge in [0, 0.05) is 18.9 Å². The molecule has 1 aromatic carbocycles. The largest absolute Gasteiger partial charge is 0.370 e. The highest BCUT2D eigenvalue weighted by molar-refractivity contribution is 5.74. The van der Waals surface area contributed by atoms with Gasteiger partial charge >= 0.3 is 0 Å². The Kier molecular flexibility index (Phi) is 5.83. The van der Waals surface area contributed by atoms with E-state index in [1.807, 2.05) is 6.07 Å². The van der Waals surface area contributed by atoms with E-state index in [4.69, 9.17) is 12.2 Å². The van der Waals surface area contributed by atoms with Crippen molar-refractivity contribution in [3.05, 3.63) is 35.9 Å². The third-order valence-corrected chi connectivity index (χ3v) is 4.40. The second-order valence-corrected chi connectivity index (χ2v) is 5.86. The molecule has 1 saturated heterocycles. The number of benzene rings is 1. The normalized spacial score (nSPS) is 18.0. The molecule has 1 heterocycles. The molecular formula is C18H24N2O. The van der Waals surface area contributed by atoms with Gasteiger partial charge in [0.2, 0.25) is 5.91 Å². The smallest absolute Gasteiger partial charge is 0.218 e. The van der Waals surface area contributed by atoms with Crippen molar-refractivity contribution in [1.82, 2.24) is 4.90 Å². The molecule has 112 valence electrons. The van der Waals surface area contributed by atoms with Gasteiger partial charge in [0.15, 0.2) is 0 Å². The van der Waals surface area contributed by atoms with Gasteiger partial charge in [-0.25, -0.2) is 0 Å². The molecule has 0 aromatic heterocycles. The first kappa shape index (κ1) is 15.6. The molecule has 21 heavy (non-hydrogen) atoms. The minimum Gasteiger partial charge on any atom is -0.370 e. The van der Waals surface area contributed by atoms with Gasteiger partial charge in [0.1, 0.15) is 0 Å². The predicted molar refractivity (Wildman–Crippen MR) is 85.4 cm³/mol. The predicted octanol–water partition coefficient (Wildman–Crippen LogP) is 2.07. The van der Waals surface area contributed by atoms with Crippen molar-refractivity contribution in [2.45, 2.75) is 25.7 Å². The van der Waals surface area contributed by atoms with Crippen molar-refractivity contribution in [3.63, 3.8) is 0 Å². The number of primary amides is 1. The monoisotopic (exact) mass is 284 g/mol. The molecule has 0 bridgehead atoms. The summed E-state index contributed by atoms with van der Waals surface area (Å²) in [6.07, 6.45) is 9.10. The van der Waals surface area contributed by atoms with E-state index >= 15 is 0 Å². The molecule has 2 N–H and O–H groups in total. The molecule has 0 saturated carbocycles. The number of nitrogens with zero attached hydrogens (tertiary/aromatic N) is 1. The first-order valence-electron chi connectivity index (χ1n) is 7.69. The average Bonchev–Trinajstić information content (AvgIpc) is 2.52. The number of nitrogens with two attached hydrogens (primary N) is 1. The molecular weight excluding hydrogens is 260 g/mol. The molecule has 3 heteroatoms. The Bertz CT molecular complexity index is 484. The van der Waals surface area contributed by atoms with Crippen LogP contribution in [-0.2, 0) is 11.2 Å². The number of carbonyl (C=O) groups excluding carboxylic acids is 1. The summed E-state index contributed by atoms with van der Waals surface area (Å²) in [5.41, 5.74) is 6.65. The number of piperidine rings is 1. The molecule has 1 unspecified atom stereocenters. The number of rotatable bonds is 6. The fourth-order valence-corrected chi connectivity index (χ4v) is 3.09. The highest BCUT2D eigenvalue weighted by atomic mass is 16.1. The van der Waals surface area contributed by atoms with Crippen LogP contribution in [0.1, 0.15) is 24.8 Å². The van der Waals surface area contributed by atoms with Crippen LogP contribution in [0.5, 0.6) is 0 Å². The highest BCUT2D eigenvalue weighted by Gasteiger charge is 2.26. The van der Waals surface area contributed by atoms with Crippen molar-refractivity contribution >= 4 is 5.91 Å². The lowest BCUT2D eigenvalue weighted by Gasteiger charge is -2.34. The van der Waals surface area contributed by atoms with E-state index in [9.17, 15) is 4.79 Å². The molecule has 0 radical (unpaired) electrons. The summed E-state index contributed by atoms with van der Waals surface area (Å²) >= 11 is 0. The van der Waals surface area contributed by atoms with Crippen LogP contribution in [0.4, 0.5) is 0 Å². The van der Waals surface area contributed by atoms with Gasteiger partial charge in [-0.05, 0) is 43.8 Å². The zero-order valence-corrected chi connectivity index (χ0v) is 12.5. The van der Waals surface area contributed by atoms with E-state index < -0.39 is 0 Å². The lowest BCUT2D eigenvalue weighted by atomic mass is 9.82. The van der Waals surface area contributed by atoms with Crippen LogP contribution in [-0.4, -0.2) is 30.4 Å². The van der Waals surface area contributed by atoms with Crippen LogP contribution in [0.3, 0.4) is 0 Å². The van der Waals surface area contributed by atoms with Gasteiger partial charge in [0.05, 0.1) is 0 Å². The lowest BCUT2D eigenvalue weighted by molar-refractivity contribution is -0.119. The Morgan fingerprint density at radius 3 is 2.57 bits per heavy atom. The minimum absolute atomic E-state index is 0.0128. The fraction of sp³-hybridized carbons (Fsp3) is 0.500. The van der Waals surface area contributed by atoms with Gasteiger partial charge in [-0.1, -0.05) is 30.3 Å². The summed E-state index contributed by atoms with van der Waals surface area (Å²) in [5, 5.41) is 0. The van der Waals surface area contributed by atoms with Crippen molar-refractivity contribution in [2.75, 3.05) is 19.6 Å². The molecule has 0 aliphatic carbocycles. The van der Waals surface area contributed by atoms with E-state index in [-0.39, 0.29) is 11.8 Å². The molecule has 1 aliphatic rings. The maximum Gasteiger partial charge on any atom is 0.218 e. The minimum atomic E-state index is -0.288. The van der Waals surface area contributed by atoms with E-state index in [0.29, 0.717) is 12.3 Å². The molecule has 3 nitrogen and oxygen atoms in total. The Balaban J connectivity index is 1.75. The third-order valence-electron chi connectivity index (χ3n) is 4.40. The number of amides is 1. The quantitative estimate of drug-likeness (QED) is 0.813. The van der Waals surface area contributed by atoms with E-state index in [2.05, 4.69) is 35.1 Å². The van der Waals surface area contributed by atoms with E-state index in [1.54, 1.807) is 0 Å². The van der Waals surface area contributed by atoms with Crippen LogP contribution in [0.2, 0.25) is 0 Å². The number of hydrogen-bond donors (Lipinski definition) is 1. The first-order valence-corrected chi connectivity index (χ1v) is 7.69. The summed E-state index contributed by atoms with van der Waals surface area (Å²) in [4.78, 5) is 13.5. The Morgan fingerprint density at radius 2 is 2.00 bits per heavy atom. The molecule has 1 amide bonds. The second-order valence-electron chi connectivity index (χ2n) is 5.86. The number of hydrogen-bond acceptors (Lipinski definition) is 2. The van der Waals surface area contributed by atoms with Gasteiger partial charge < -0.3 is 10.6 Å². The fourth-order valence-electron chi connectivity index (χ4n) is 3.09. The standard InChI is InChI=1S/C18H24N2O/c1-2-16(14-18(19)21)17-9-12-20(13-10-17)11-8-15-6-4-3-5-7-15/h1,3-7,16-17H,8-14H2,(H2,19,21). The maximum atomic E-state index is 11.1. The SMILES string of the molecule is C#CC(CC(N)=O)C1CCN(CCc2ccccc2)CC1. The number of terminal acetylenes is 1. The number of likely N-dealkylation sites (tertiary alicyclic amines) is 1. The second kappa shape index (κ2) is 7.85. The van der Waals surface area contributed by atoms with Crippen LogP contribution >= 0.6 is 0 Å². The Morgan fingerprint density at radius 1 is 1.33 bits per heavy atom. The van der Waals surface area contributed by atoms with Crippen molar-refractivity contribution in [2.24, 2.45) is 17.6 Å². The average molecular weight is 284 g/mol. The molecule has 1 atom stereocenters. The zero-order chi connectivity index (χ0) is 15.1. The van der Waals surface area contributed by atoms with Crippen molar-refractivity contribution < 1.29 is 4.79 Å². The molecule has 0 spiro atoms. The third kappa shape index (κ3) is 4.91. The highest BCUT2D eigenvalue weighted by Crippen LogP contribution is 2.26. The first-order chi connectivity index (χ1) is 10.2. The molecule has 1 aromatic rings. The lowest BCUT2D eigenvalue weighted by Crippen LogP contribution is -2.37.